The van der Waals surface area contributed by atoms with Crippen molar-refractivity contribution in [2.45, 2.75) is 32.9 Å². The second kappa shape index (κ2) is 8.78. The number of rotatable bonds is 5. The number of piperazine rings is 1. The molecule has 0 radical (unpaired) electrons. The molecule has 0 aliphatic carbocycles. The molecule has 0 unspecified atom stereocenters. The Bertz CT molecular complexity index is 887. The second-order valence-corrected chi connectivity index (χ2v) is 8.33. The van der Waals surface area contributed by atoms with Crippen molar-refractivity contribution in [3.63, 3.8) is 0 Å². The molecule has 152 valence electrons. The average molecular weight is 393 g/mol. The number of nitrogens with zero attached hydrogens (tertiary/aromatic N) is 2. The minimum absolute atomic E-state index is 0.106. The number of carbonyl (C=O) groups is 2. The van der Waals surface area contributed by atoms with E-state index in [-0.39, 0.29) is 11.8 Å². The number of benzene rings is 2. The molecule has 29 heavy (non-hydrogen) atoms. The highest BCUT2D eigenvalue weighted by Crippen LogP contribution is 2.16. The van der Waals surface area contributed by atoms with Gasteiger partial charge in [0.05, 0.1) is 26.2 Å². The number of hydrogen-bond donors (Lipinski definition) is 1. The Morgan fingerprint density at radius 2 is 1.76 bits per heavy atom. The van der Waals surface area contributed by atoms with Gasteiger partial charge in [0.1, 0.15) is 6.54 Å². The first kappa shape index (κ1) is 19.6. The molecule has 2 saturated heterocycles. The quantitative estimate of drug-likeness (QED) is 0.841. The first-order valence-corrected chi connectivity index (χ1v) is 10.6. The molecule has 2 aliphatic rings. The summed E-state index contributed by atoms with van der Waals surface area (Å²) in [7, 11) is 0. The number of quaternary nitrogens is 1. The standard InChI is InChI=1S/C24H29N3O2/c1-19-5-2-6-20(15-19)17-25-11-13-26(14-12-25)24(29)22-8-3-7-21(16-22)18-27-10-4-9-23(27)28/h2-3,5-8,15-16H,4,9-14,17-18H2,1H3/p+1. The summed E-state index contributed by atoms with van der Waals surface area (Å²) in [5.41, 5.74) is 4.43. The molecule has 2 aromatic carbocycles. The molecule has 0 saturated carbocycles. The molecular formula is C24H30N3O2+. The molecule has 5 heteroatoms. The van der Waals surface area contributed by atoms with Crippen LogP contribution in [0.2, 0.25) is 0 Å². The maximum Gasteiger partial charge on any atom is 0.254 e. The van der Waals surface area contributed by atoms with Crippen molar-refractivity contribution in [3.05, 3.63) is 70.8 Å². The van der Waals surface area contributed by atoms with E-state index < -0.39 is 0 Å². The minimum Gasteiger partial charge on any atom is -0.338 e. The van der Waals surface area contributed by atoms with Gasteiger partial charge in [-0.1, -0.05) is 42.0 Å². The van der Waals surface area contributed by atoms with Crippen LogP contribution in [0.5, 0.6) is 0 Å². The van der Waals surface area contributed by atoms with Gasteiger partial charge in [0.15, 0.2) is 0 Å². The van der Waals surface area contributed by atoms with Crippen molar-refractivity contribution in [2.24, 2.45) is 0 Å². The number of likely N-dealkylation sites (tertiary alicyclic amines) is 1. The topological polar surface area (TPSA) is 45.1 Å². The summed E-state index contributed by atoms with van der Waals surface area (Å²) in [6.07, 6.45) is 1.58. The lowest BCUT2D eigenvalue weighted by Crippen LogP contribution is -3.13. The zero-order valence-electron chi connectivity index (χ0n) is 17.2. The Labute approximate surface area is 172 Å². The van der Waals surface area contributed by atoms with Gasteiger partial charge in [0, 0.05) is 30.6 Å². The monoisotopic (exact) mass is 392 g/mol. The Hall–Kier alpha value is -2.66. The summed E-state index contributed by atoms with van der Waals surface area (Å²) in [6.45, 7) is 8.09. The van der Waals surface area contributed by atoms with E-state index in [1.807, 2.05) is 34.1 Å². The average Bonchev–Trinajstić information content (AvgIpc) is 3.13. The molecule has 0 bridgehead atoms. The summed E-state index contributed by atoms with van der Waals surface area (Å²) in [4.78, 5) is 30.3. The Kier molecular flexibility index (Phi) is 5.95. The minimum atomic E-state index is 0.106. The molecule has 0 aromatic heterocycles. The van der Waals surface area contributed by atoms with E-state index in [0.717, 1.165) is 56.8 Å². The summed E-state index contributed by atoms with van der Waals surface area (Å²) in [6, 6.07) is 16.5. The Morgan fingerprint density at radius 3 is 2.48 bits per heavy atom. The van der Waals surface area contributed by atoms with Crippen molar-refractivity contribution < 1.29 is 14.5 Å². The zero-order valence-corrected chi connectivity index (χ0v) is 17.2. The van der Waals surface area contributed by atoms with Crippen LogP contribution < -0.4 is 4.90 Å². The van der Waals surface area contributed by atoms with E-state index >= 15 is 0 Å². The molecular weight excluding hydrogens is 362 g/mol. The van der Waals surface area contributed by atoms with Gasteiger partial charge >= 0.3 is 0 Å². The smallest absolute Gasteiger partial charge is 0.254 e. The number of aryl methyl sites for hydroxylation is 1. The van der Waals surface area contributed by atoms with Crippen molar-refractivity contribution in [1.82, 2.24) is 9.80 Å². The van der Waals surface area contributed by atoms with Crippen LogP contribution in [0, 0.1) is 6.92 Å². The van der Waals surface area contributed by atoms with Gasteiger partial charge in [0.2, 0.25) is 5.91 Å². The van der Waals surface area contributed by atoms with Gasteiger partial charge in [-0.05, 0) is 31.0 Å². The maximum absolute atomic E-state index is 13.0. The summed E-state index contributed by atoms with van der Waals surface area (Å²) < 4.78 is 0. The normalized spacial score (nSPS) is 17.8. The third kappa shape index (κ3) is 4.85. The first-order chi connectivity index (χ1) is 14.1. The van der Waals surface area contributed by atoms with Crippen molar-refractivity contribution >= 4 is 11.8 Å². The van der Waals surface area contributed by atoms with Crippen LogP contribution in [-0.4, -0.2) is 54.3 Å². The van der Waals surface area contributed by atoms with Crippen molar-refractivity contribution in [3.8, 4) is 0 Å². The lowest BCUT2D eigenvalue weighted by Gasteiger charge is -2.32. The molecule has 1 N–H and O–H groups in total. The highest BCUT2D eigenvalue weighted by molar-refractivity contribution is 5.94. The predicted octanol–water partition coefficient (Wildman–Crippen LogP) is 1.66. The van der Waals surface area contributed by atoms with Crippen LogP contribution in [0.25, 0.3) is 0 Å². The maximum atomic E-state index is 13.0. The molecule has 2 heterocycles. The number of carbonyl (C=O) groups excluding carboxylic acids is 2. The summed E-state index contributed by atoms with van der Waals surface area (Å²) in [5.74, 6) is 0.323. The highest BCUT2D eigenvalue weighted by Gasteiger charge is 2.25. The molecule has 2 aliphatic heterocycles. The molecule has 5 nitrogen and oxygen atoms in total. The fourth-order valence-electron chi connectivity index (χ4n) is 4.39. The van der Waals surface area contributed by atoms with E-state index in [1.165, 1.54) is 16.0 Å². The van der Waals surface area contributed by atoms with Gasteiger partial charge in [-0.3, -0.25) is 9.59 Å². The van der Waals surface area contributed by atoms with Crippen LogP contribution in [0.1, 0.15) is 39.9 Å². The molecule has 2 aromatic rings. The van der Waals surface area contributed by atoms with E-state index in [1.54, 1.807) is 0 Å². The highest BCUT2D eigenvalue weighted by atomic mass is 16.2. The van der Waals surface area contributed by atoms with Crippen LogP contribution in [0.4, 0.5) is 0 Å². The van der Waals surface area contributed by atoms with E-state index in [9.17, 15) is 9.59 Å². The Balaban J connectivity index is 1.33. The summed E-state index contributed by atoms with van der Waals surface area (Å²) >= 11 is 0. The second-order valence-electron chi connectivity index (χ2n) is 8.33. The SMILES string of the molecule is Cc1cccc(C[NH+]2CCN(C(=O)c3cccc(CN4CCCC4=O)c3)CC2)c1. The summed E-state index contributed by atoms with van der Waals surface area (Å²) in [5, 5.41) is 0. The zero-order chi connectivity index (χ0) is 20.2. The third-order valence-electron chi connectivity index (χ3n) is 6.01. The van der Waals surface area contributed by atoms with Crippen LogP contribution in [0.15, 0.2) is 48.5 Å². The molecule has 4 rings (SSSR count). The van der Waals surface area contributed by atoms with Crippen molar-refractivity contribution in [1.29, 1.82) is 0 Å². The molecule has 2 amide bonds. The molecule has 2 fully saturated rings. The van der Waals surface area contributed by atoms with E-state index in [0.29, 0.717) is 13.0 Å². The van der Waals surface area contributed by atoms with Gasteiger partial charge in [0.25, 0.3) is 5.91 Å². The van der Waals surface area contributed by atoms with Crippen LogP contribution in [0.3, 0.4) is 0 Å². The molecule has 0 atom stereocenters. The number of amides is 2. The fourth-order valence-corrected chi connectivity index (χ4v) is 4.39. The Morgan fingerprint density at radius 1 is 1.00 bits per heavy atom. The molecule has 0 spiro atoms. The first-order valence-electron chi connectivity index (χ1n) is 10.6. The van der Waals surface area contributed by atoms with Gasteiger partial charge in [-0.15, -0.1) is 0 Å². The van der Waals surface area contributed by atoms with E-state index in [2.05, 4.69) is 31.2 Å². The number of nitrogens with one attached hydrogen (secondary N) is 1. The van der Waals surface area contributed by atoms with Crippen molar-refractivity contribution in [2.75, 3.05) is 32.7 Å². The van der Waals surface area contributed by atoms with Crippen LogP contribution in [-0.2, 0) is 17.9 Å². The van der Waals surface area contributed by atoms with Gasteiger partial charge < -0.3 is 14.7 Å². The fraction of sp³-hybridized carbons (Fsp3) is 0.417. The lowest BCUT2D eigenvalue weighted by atomic mass is 10.1. The van der Waals surface area contributed by atoms with Gasteiger partial charge in [-0.2, -0.15) is 0 Å². The van der Waals surface area contributed by atoms with E-state index in [4.69, 9.17) is 0 Å². The number of hydrogen-bond acceptors (Lipinski definition) is 2. The van der Waals surface area contributed by atoms with Gasteiger partial charge in [-0.25, -0.2) is 0 Å². The largest absolute Gasteiger partial charge is 0.338 e. The van der Waals surface area contributed by atoms with Crippen LogP contribution >= 0.6 is 0 Å². The lowest BCUT2D eigenvalue weighted by molar-refractivity contribution is -0.917. The predicted molar refractivity (Wildman–Crippen MR) is 113 cm³/mol. The third-order valence-corrected chi connectivity index (χ3v) is 6.01.